The van der Waals surface area contributed by atoms with E-state index >= 15 is 0 Å². The van der Waals surface area contributed by atoms with Crippen LogP contribution in [0.3, 0.4) is 0 Å². The predicted octanol–water partition coefficient (Wildman–Crippen LogP) is 1.11. The molecule has 0 heterocycles. The summed E-state index contributed by atoms with van der Waals surface area (Å²) in [5.41, 5.74) is 14.4. The summed E-state index contributed by atoms with van der Waals surface area (Å²) >= 11 is 0. The zero-order valence-electron chi connectivity index (χ0n) is 9.20. The summed E-state index contributed by atoms with van der Waals surface area (Å²) in [7, 11) is 0. The molecule has 1 atom stereocenters. The Morgan fingerprint density at radius 2 is 1.24 bits per heavy atom. The third-order valence-electron chi connectivity index (χ3n) is 2.09. The van der Waals surface area contributed by atoms with Crippen LogP contribution in [0.5, 0.6) is 0 Å². The van der Waals surface area contributed by atoms with Crippen LogP contribution in [-0.4, -0.2) is 10.8 Å². The number of halogens is 4. The minimum absolute atomic E-state index is 0. The minimum Gasteiger partial charge on any atom is -0.373 e. The Bertz CT molecular complexity index is 290. The average Bonchev–Trinajstić information content (AvgIpc) is 2.04. The first-order chi connectivity index (χ1) is 5.86. The third-order valence-corrected chi connectivity index (χ3v) is 2.09. The lowest BCUT2D eigenvalue weighted by Gasteiger charge is -2.36. The fourth-order valence-electron chi connectivity index (χ4n) is 1.01. The highest BCUT2D eigenvalue weighted by Crippen LogP contribution is 2.20. The van der Waals surface area contributed by atoms with Crippen LogP contribution >= 0.6 is 49.6 Å². The van der Waals surface area contributed by atoms with E-state index in [9.17, 15) is 5.11 Å². The molecule has 104 valence electrons. The highest BCUT2D eigenvalue weighted by Gasteiger charge is 2.38. The van der Waals surface area contributed by atoms with E-state index in [4.69, 9.17) is 17.2 Å². The van der Waals surface area contributed by atoms with Crippen molar-refractivity contribution in [1.82, 2.24) is 0 Å². The molecule has 0 aromatic heterocycles. The summed E-state index contributed by atoms with van der Waals surface area (Å²) in [4.78, 5) is 0. The molecule has 1 unspecified atom stereocenters. The number of aliphatic hydroxyl groups is 1. The maximum atomic E-state index is 9.53. The SMILES string of the molecule is CC(N)(O)C(N)(N)c1ccccc1.Cl.Cl.Cl.Cl. The van der Waals surface area contributed by atoms with Crippen molar-refractivity contribution >= 4 is 49.6 Å². The first kappa shape index (κ1) is 25.9. The van der Waals surface area contributed by atoms with Crippen LogP contribution in [-0.2, 0) is 5.66 Å². The summed E-state index contributed by atoms with van der Waals surface area (Å²) in [6, 6.07) is 8.86. The standard InChI is InChI=1S/C9H15N3O.4ClH/c1-8(10,13)9(11,12)7-5-3-2-4-6-7;;;;/h2-6,13H,10-12H2,1H3;4*1H. The van der Waals surface area contributed by atoms with E-state index in [0.29, 0.717) is 5.56 Å². The van der Waals surface area contributed by atoms with E-state index in [2.05, 4.69) is 0 Å². The molecule has 0 fully saturated rings. The van der Waals surface area contributed by atoms with E-state index in [1.807, 2.05) is 6.07 Å². The van der Waals surface area contributed by atoms with Crippen LogP contribution in [0, 0.1) is 0 Å². The first-order valence-electron chi connectivity index (χ1n) is 4.00. The molecule has 0 saturated carbocycles. The van der Waals surface area contributed by atoms with Crippen molar-refractivity contribution in [3.63, 3.8) is 0 Å². The summed E-state index contributed by atoms with van der Waals surface area (Å²) in [5.74, 6) is 0. The Hall–Kier alpha value is 0.220. The fraction of sp³-hybridized carbons (Fsp3) is 0.333. The highest BCUT2D eigenvalue weighted by molar-refractivity contribution is 5.86. The topological polar surface area (TPSA) is 98.3 Å². The molecule has 4 nitrogen and oxygen atoms in total. The van der Waals surface area contributed by atoms with E-state index < -0.39 is 11.4 Å². The van der Waals surface area contributed by atoms with Crippen molar-refractivity contribution in [1.29, 1.82) is 0 Å². The molecule has 1 aromatic rings. The molecule has 8 heteroatoms. The summed E-state index contributed by atoms with van der Waals surface area (Å²) in [6.07, 6.45) is 0. The number of benzene rings is 1. The van der Waals surface area contributed by atoms with Gasteiger partial charge in [0.2, 0.25) is 0 Å². The Kier molecular flexibility index (Phi) is 14.0. The quantitative estimate of drug-likeness (QED) is 0.612. The van der Waals surface area contributed by atoms with Gasteiger partial charge in [0.25, 0.3) is 0 Å². The third kappa shape index (κ3) is 6.08. The Labute approximate surface area is 126 Å². The lowest BCUT2D eigenvalue weighted by atomic mass is 9.92. The second kappa shape index (κ2) is 9.19. The molecular weight excluding hydrogens is 308 g/mol. The summed E-state index contributed by atoms with van der Waals surface area (Å²) < 4.78 is 0. The summed E-state index contributed by atoms with van der Waals surface area (Å²) in [6.45, 7) is 1.38. The second-order valence-electron chi connectivity index (χ2n) is 3.38. The number of rotatable bonds is 2. The van der Waals surface area contributed by atoms with Gasteiger partial charge in [-0.15, -0.1) is 49.6 Å². The maximum Gasteiger partial charge on any atom is 0.146 e. The monoisotopic (exact) mass is 325 g/mol. The van der Waals surface area contributed by atoms with Crippen LogP contribution in [0.4, 0.5) is 0 Å². The van der Waals surface area contributed by atoms with Crippen molar-refractivity contribution < 1.29 is 5.11 Å². The van der Waals surface area contributed by atoms with Crippen LogP contribution in [0.25, 0.3) is 0 Å². The molecule has 0 saturated heterocycles. The molecule has 7 N–H and O–H groups in total. The maximum absolute atomic E-state index is 9.53. The van der Waals surface area contributed by atoms with Gasteiger partial charge in [-0.05, 0) is 12.5 Å². The molecule has 0 amide bonds. The van der Waals surface area contributed by atoms with Gasteiger partial charge in [0, 0.05) is 0 Å². The van der Waals surface area contributed by atoms with Crippen LogP contribution in [0.15, 0.2) is 30.3 Å². The van der Waals surface area contributed by atoms with Gasteiger partial charge < -0.3 is 22.3 Å². The molecule has 1 aromatic carbocycles. The van der Waals surface area contributed by atoms with Gasteiger partial charge >= 0.3 is 0 Å². The van der Waals surface area contributed by atoms with Crippen molar-refractivity contribution in [2.75, 3.05) is 0 Å². The normalized spacial score (nSPS) is 12.8. The molecule has 0 bridgehead atoms. The van der Waals surface area contributed by atoms with Crippen molar-refractivity contribution in [3.8, 4) is 0 Å². The van der Waals surface area contributed by atoms with Gasteiger partial charge in [-0.1, -0.05) is 30.3 Å². The van der Waals surface area contributed by atoms with Crippen molar-refractivity contribution in [2.24, 2.45) is 17.2 Å². The highest BCUT2D eigenvalue weighted by atomic mass is 35.5. The fourth-order valence-corrected chi connectivity index (χ4v) is 1.01. The molecule has 1 rings (SSSR count). The molecule has 0 aliphatic heterocycles. The lowest BCUT2D eigenvalue weighted by Crippen LogP contribution is -2.67. The molecule has 0 aliphatic carbocycles. The van der Waals surface area contributed by atoms with E-state index in [1.54, 1.807) is 24.3 Å². The van der Waals surface area contributed by atoms with Crippen molar-refractivity contribution in [3.05, 3.63) is 35.9 Å². The smallest absolute Gasteiger partial charge is 0.146 e. The number of hydrogen-bond acceptors (Lipinski definition) is 4. The molecule has 0 spiro atoms. The second-order valence-corrected chi connectivity index (χ2v) is 3.38. The van der Waals surface area contributed by atoms with E-state index in [1.165, 1.54) is 6.92 Å². The van der Waals surface area contributed by atoms with Gasteiger partial charge in [-0.2, -0.15) is 0 Å². The van der Waals surface area contributed by atoms with Gasteiger partial charge in [0.05, 0.1) is 0 Å². The molecule has 17 heavy (non-hydrogen) atoms. The Morgan fingerprint density at radius 3 is 1.53 bits per heavy atom. The zero-order chi connectivity index (χ0) is 10.1. The van der Waals surface area contributed by atoms with Crippen LogP contribution < -0.4 is 17.2 Å². The van der Waals surface area contributed by atoms with Crippen molar-refractivity contribution in [2.45, 2.75) is 18.3 Å². The Balaban J connectivity index is -0.000000211. The first-order valence-corrected chi connectivity index (χ1v) is 4.00. The van der Waals surface area contributed by atoms with Crippen LogP contribution in [0.2, 0.25) is 0 Å². The van der Waals surface area contributed by atoms with Gasteiger partial charge in [0.1, 0.15) is 11.4 Å². The summed E-state index contributed by atoms with van der Waals surface area (Å²) in [5, 5.41) is 9.53. The van der Waals surface area contributed by atoms with Gasteiger partial charge in [0.15, 0.2) is 0 Å². The zero-order valence-corrected chi connectivity index (χ0v) is 12.5. The minimum atomic E-state index is -1.64. The molecule has 0 aliphatic rings. The van der Waals surface area contributed by atoms with Gasteiger partial charge in [-0.25, -0.2) is 0 Å². The Morgan fingerprint density at radius 1 is 0.882 bits per heavy atom. The number of nitrogens with two attached hydrogens (primary N) is 3. The average molecular weight is 327 g/mol. The lowest BCUT2D eigenvalue weighted by molar-refractivity contribution is -0.0144. The van der Waals surface area contributed by atoms with Gasteiger partial charge in [-0.3, -0.25) is 0 Å². The number of hydrogen-bond donors (Lipinski definition) is 4. The largest absolute Gasteiger partial charge is 0.373 e. The molecular formula is C9H19Cl4N3O. The molecule has 0 radical (unpaired) electrons. The van der Waals surface area contributed by atoms with Crippen LogP contribution in [0.1, 0.15) is 12.5 Å². The van der Waals surface area contributed by atoms with E-state index in [-0.39, 0.29) is 49.6 Å². The van der Waals surface area contributed by atoms with E-state index in [0.717, 1.165) is 0 Å². The predicted molar refractivity (Wildman–Crippen MR) is 80.3 cm³/mol.